The molecule has 0 aliphatic carbocycles. The minimum Gasteiger partial charge on any atom is -0.342 e. The monoisotopic (exact) mass is 459 g/mol. The summed E-state index contributed by atoms with van der Waals surface area (Å²) in [6, 6.07) is -0.389. The highest BCUT2D eigenvalue weighted by Gasteiger charge is 2.54. The van der Waals surface area contributed by atoms with Gasteiger partial charge in [-0.2, -0.15) is 10.2 Å². The first-order valence-electron chi connectivity index (χ1n) is 12.8. The van der Waals surface area contributed by atoms with E-state index in [1.165, 1.54) is 5.57 Å². The van der Waals surface area contributed by atoms with Crippen LogP contribution < -0.4 is 5.32 Å². The Morgan fingerprint density at radius 3 is 2.36 bits per heavy atom. The van der Waals surface area contributed by atoms with E-state index in [1.807, 2.05) is 4.90 Å². The standard InChI is InChI=1S/C26H45N5O2/c1-9-10-13-31-22(32)21(16-18(2)3)27-23(33)26(31)11-14-30(15-12-26)17-20-19(4)28-29-25(20,8)24(5,6)7/h18,21H,9-17H2,1-8H3,(H,27,33)/t21-,25?/m0/s1. The molecule has 0 aromatic rings. The van der Waals surface area contributed by atoms with E-state index in [4.69, 9.17) is 0 Å². The van der Waals surface area contributed by atoms with Gasteiger partial charge >= 0.3 is 0 Å². The van der Waals surface area contributed by atoms with Crippen molar-refractivity contribution in [3.63, 3.8) is 0 Å². The number of amides is 2. The molecule has 2 atom stereocenters. The Kier molecular flexibility index (Phi) is 7.42. The minimum atomic E-state index is -0.711. The lowest BCUT2D eigenvalue weighted by Crippen LogP contribution is -2.73. The molecule has 2 fully saturated rings. The Hall–Kier alpha value is -1.76. The number of nitrogens with one attached hydrogen (secondary N) is 1. The van der Waals surface area contributed by atoms with Crippen LogP contribution in [0.1, 0.15) is 87.5 Å². The molecule has 186 valence electrons. The van der Waals surface area contributed by atoms with Gasteiger partial charge < -0.3 is 10.2 Å². The van der Waals surface area contributed by atoms with Crippen molar-refractivity contribution >= 4 is 11.8 Å². The molecule has 7 nitrogen and oxygen atoms in total. The third kappa shape index (κ3) is 4.75. The summed E-state index contributed by atoms with van der Waals surface area (Å²) in [5.41, 5.74) is 1.23. The molecule has 2 saturated heterocycles. The Labute approximate surface area is 200 Å². The molecular formula is C26H45N5O2. The molecule has 1 unspecified atom stereocenters. The molecule has 2 amide bonds. The van der Waals surface area contributed by atoms with Crippen LogP contribution in [0.15, 0.2) is 21.5 Å². The average molecular weight is 460 g/mol. The summed E-state index contributed by atoms with van der Waals surface area (Å²) < 4.78 is 0. The largest absolute Gasteiger partial charge is 0.342 e. The fourth-order valence-electron chi connectivity index (χ4n) is 5.47. The van der Waals surface area contributed by atoms with Crippen LogP contribution in [0, 0.1) is 11.3 Å². The van der Waals surface area contributed by atoms with Gasteiger partial charge in [0.05, 0.1) is 5.70 Å². The number of rotatable bonds is 7. The Morgan fingerprint density at radius 2 is 1.82 bits per heavy atom. The van der Waals surface area contributed by atoms with Gasteiger partial charge in [-0.3, -0.25) is 14.5 Å². The number of carbonyl (C=O) groups is 2. The molecule has 3 rings (SSSR count). The summed E-state index contributed by atoms with van der Waals surface area (Å²) in [7, 11) is 0. The van der Waals surface area contributed by atoms with Crippen molar-refractivity contribution in [2.24, 2.45) is 21.6 Å². The zero-order valence-corrected chi connectivity index (χ0v) is 22.1. The van der Waals surface area contributed by atoms with E-state index in [1.54, 1.807) is 0 Å². The second-order valence-electron chi connectivity index (χ2n) is 11.9. The number of unbranched alkanes of at least 4 members (excludes halogenated alkanes) is 1. The second-order valence-corrected chi connectivity index (χ2v) is 11.9. The van der Waals surface area contributed by atoms with Crippen LogP contribution in [0.5, 0.6) is 0 Å². The van der Waals surface area contributed by atoms with E-state index >= 15 is 0 Å². The molecule has 0 saturated carbocycles. The molecule has 1 N–H and O–H groups in total. The summed E-state index contributed by atoms with van der Waals surface area (Å²) in [6.07, 6.45) is 3.98. The summed E-state index contributed by atoms with van der Waals surface area (Å²) >= 11 is 0. The normalized spacial score (nSPS) is 28.4. The number of piperazine rings is 1. The average Bonchev–Trinajstić information content (AvgIpc) is 3.02. The molecule has 33 heavy (non-hydrogen) atoms. The Morgan fingerprint density at radius 1 is 1.18 bits per heavy atom. The van der Waals surface area contributed by atoms with Gasteiger partial charge in [0, 0.05) is 26.2 Å². The van der Waals surface area contributed by atoms with Gasteiger partial charge in [-0.15, -0.1) is 0 Å². The summed E-state index contributed by atoms with van der Waals surface area (Å²) in [4.78, 5) is 31.3. The molecule has 0 radical (unpaired) electrons. The zero-order valence-electron chi connectivity index (χ0n) is 22.1. The number of allylic oxidation sites excluding steroid dienone is 1. The quantitative estimate of drug-likeness (QED) is 0.607. The third-order valence-electron chi connectivity index (χ3n) is 8.20. The summed E-state index contributed by atoms with van der Waals surface area (Å²) in [6.45, 7) is 20.3. The van der Waals surface area contributed by atoms with E-state index < -0.39 is 5.54 Å². The predicted molar refractivity (Wildman–Crippen MR) is 132 cm³/mol. The predicted octanol–water partition coefficient (Wildman–Crippen LogP) is 4.54. The number of likely N-dealkylation sites (tertiary alicyclic amines) is 1. The number of hydrogen-bond acceptors (Lipinski definition) is 5. The third-order valence-corrected chi connectivity index (χ3v) is 8.20. The number of piperidine rings is 1. The van der Waals surface area contributed by atoms with Crippen LogP contribution in [-0.4, -0.2) is 64.9 Å². The SMILES string of the molecule is CCCCN1C(=O)[C@H](CC(C)C)NC(=O)C12CCN(CC1=C(C)N=NC1(C)C(C)(C)C)CC2. The van der Waals surface area contributed by atoms with Gasteiger partial charge in [-0.05, 0) is 56.4 Å². The van der Waals surface area contributed by atoms with Crippen molar-refractivity contribution in [3.05, 3.63) is 11.3 Å². The van der Waals surface area contributed by atoms with Gasteiger partial charge in [-0.25, -0.2) is 0 Å². The van der Waals surface area contributed by atoms with Crippen LogP contribution in [0.3, 0.4) is 0 Å². The topological polar surface area (TPSA) is 77.4 Å². The fourth-order valence-corrected chi connectivity index (χ4v) is 5.47. The van der Waals surface area contributed by atoms with E-state index in [2.05, 4.69) is 75.8 Å². The highest BCUT2D eigenvalue weighted by molar-refractivity contribution is 6.00. The van der Waals surface area contributed by atoms with Crippen LogP contribution in [0.2, 0.25) is 0 Å². The lowest BCUT2D eigenvalue weighted by Gasteiger charge is -2.52. The van der Waals surface area contributed by atoms with Gasteiger partial charge in [-0.1, -0.05) is 48.0 Å². The van der Waals surface area contributed by atoms with Crippen LogP contribution in [-0.2, 0) is 9.59 Å². The highest BCUT2D eigenvalue weighted by atomic mass is 16.2. The van der Waals surface area contributed by atoms with Crippen LogP contribution >= 0.6 is 0 Å². The Bertz CT molecular complexity index is 817. The molecule has 0 aromatic carbocycles. The second kappa shape index (κ2) is 9.47. The van der Waals surface area contributed by atoms with Crippen molar-refractivity contribution in [1.29, 1.82) is 0 Å². The van der Waals surface area contributed by atoms with E-state index in [-0.39, 0.29) is 28.8 Å². The molecule has 1 spiro atoms. The first-order chi connectivity index (χ1) is 15.4. The summed E-state index contributed by atoms with van der Waals surface area (Å²) in [5, 5.41) is 12.2. The maximum absolute atomic E-state index is 13.5. The van der Waals surface area contributed by atoms with Gasteiger partial charge in [0.15, 0.2) is 0 Å². The van der Waals surface area contributed by atoms with E-state index in [0.29, 0.717) is 31.7 Å². The number of azo groups is 1. The van der Waals surface area contributed by atoms with Crippen molar-refractivity contribution in [1.82, 2.24) is 15.1 Å². The van der Waals surface area contributed by atoms with Gasteiger partial charge in [0.25, 0.3) is 0 Å². The number of hydrogen-bond donors (Lipinski definition) is 1. The van der Waals surface area contributed by atoms with Crippen molar-refractivity contribution in [3.8, 4) is 0 Å². The first-order valence-corrected chi connectivity index (χ1v) is 12.8. The van der Waals surface area contributed by atoms with Crippen LogP contribution in [0.25, 0.3) is 0 Å². The van der Waals surface area contributed by atoms with Crippen molar-refractivity contribution < 1.29 is 9.59 Å². The maximum atomic E-state index is 13.5. The number of carbonyl (C=O) groups excluding carboxylic acids is 2. The summed E-state index contributed by atoms with van der Waals surface area (Å²) in [5.74, 6) is 0.515. The molecule has 3 heterocycles. The van der Waals surface area contributed by atoms with E-state index in [0.717, 1.165) is 38.2 Å². The van der Waals surface area contributed by atoms with E-state index in [9.17, 15) is 9.59 Å². The van der Waals surface area contributed by atoms with Crippen molar-refractivity contribution in [2.45, 2.75) is 105 Å². The molecular weight excluding hydrogens is 414 g/mol. The molecule has 7 heteroatoms. The van der Waals surface area contributed by atoms with Crippen LogP contribution in [0.4, 0.5) is 0 Å². The molecule has 3 aliphatic heterocycles. The maximum Gasteiger partial charge on any atom is 0.246 e. The van der Waals surface area contributed by atoms with Gasteiger partial charge in [0.2, 0.25) is 11.8 Å². The fraction of sp³-hybridized carbons (Fsp3) is 0.846. The molecule has 0 bridgehead atoms. The smallest absolute Gasteiger partial charge is 0.246 e. The van der Waals surface area contributed by atoms with Gasteiger partial charge in [0.1, 0.15) is 17.1 Å². The van der Waals surface area contributed by atoms with Crippen molar-refractivity contribution in [2.75, 3.05) is 26.2 Å². The lowest BCUT2D eigenvalue weighted by atomic mass is 9.70. The Balaban J connectivity index is 1.76. The highest BCUT2D eigenvalue weighted by Crippen LogP contribution is 2.45. The minimum absolute atomic E-state index is 0.0291. The zero-order chi connectivity index (χ0) is 24.6. The lowest BCUT2D eigenvalue weighted by molar-refractivity contribution is -0.161. The number of nitrogens with zero attached hydrogens (tertiary/aromatic N) is 4. The molecule has 0 aromatic heterocycles. The molecule has 3 aliphatic rings. The first kappa shape index (κ1) is 25.9.